The van der Waals surface area contributed by atoms with Crippen LogP contribution in [0.5, 0.6) is 0 Å². The number of primary sulfonamides is 1. The molecule has 0 heterocycles. The van der Waals surface area contributed by atoms with E-state index in [1.54, 1.807) is 13.8 Å². The van der Waals surface area contributed by atoms with Crippen molar-refractivity contribution < 1.29 is 27.5 Å². The molecule has 0 aromatic heterocycles. The first-order valence-corrected chi connectivity index (χ1v) is 10.7. The molecule has 0 aliphatic carbocycles. The molecule has 0 aliphatic rings. The third-order valence-electron chi connectivity index (χ3n) is 3.72. The van der Waals surface area contributed by atoms with Crippen molar-refractivity contribution in [1.82, 2.24) is 0 Å². The lowest BCUT2D eigenvalue weighted by atomic mass is 10.1. The van der Waals surface area contributed by atoms with E-state index < -0.39 is 28.0 Å². The molecule has 0 saturated heterocycles. The third kappa shape index (κ3) is 7.27. The van der Waals surface area contributed by atoms with Crippen molar-refractivity contribution in [3.8, 4) is 0 Å². The van der Waals surface area contributed by atoms with Crippen molar-refractivity contribution in [2.45, 2.75) is 44.0 Å². The lowest BCUT2D eigenvalue weighted by molar-refractivity contribution is -0.144. The summed E-state index contributed by atoms with van der Waals surface area (Å²) in [5.74, 6) is -1.19. The van der Waals surface area contributed by atoms with Gasteiger partial charge in [0.15, 0.2) is 0 Å². The van der Waals surface area contributed by atoms with E-state index in [9.17, 15) is 18.0 Å². The van der Waals surface area contributed by atoms with Crippen molar-refractivity contribution >= 4 is 39.3 Å². The average molecular weight is 436 g/mol. The number of ether oxygens (including phenoxy) is 2. The van der Waals surface area contributed by atoms with Gasteiger partial charge in [-0.25, -0.2) is 18.4 Å². The number of hydrogen-bond acceptors (Lipinski definition) is 8. The SMILES string of the molecule is CCOC(=O)c1cc(S(N)(=O)=O)c(NCCCC[C@H](N)C(=O)OCC)cc1Cl. The number of carbonyl (C=O) groups excluding carboxylic acids is 2. The van der Waals surface area contributed by atoms with Crippen LogP contribution in [0.1, 0.15) is 43.5 Å². The monoisotopic (exact) mass is 435 g/mol. The van der Waals surface area contributed by atoms with Crippen LogP contribution in [0, 0.1) is 0 Å². The standard InChI is InChI=1S/C17H26ClN3O6S/c1-3-26-16(22)11-9-15(28(20,24)25)14(10-12(11)18)21-8-6-5-7-13(19)17(23)27-4-2/h9-10,13,21H,3-8,19H2,1-2H3,(H2,20,24,25)/t13-/m0/s1. The fourth-order valence-electron chi connectivity index (χ4n) is 2.37. The van der Waals surface area contributed by atoms with Gasteiger partial charge in [-0.2, -0.15) is 0 Å². The molecule has 0 aliphatic heterocycles. The zero-order valence-electron chi connectivity index (χ0n) is 15.9. The molecule has 1 aromatic rings. The summed E-state index contributed by atoms with van der Waals surface area (Å²) in [6.07, 6.45) is 1.66. The highest BCUT2D eigenvalue weighted by Crippen LogP contribution is 2.29. The van der Waals surface area contributed by atoms with E-state index in [4.69, 9.17) is 31.9 Å². The molecule has 158 valence electrons. The van der Waals surface area contributed by atoms with Gasteiger partial charge in [-0.15, -0.1) is 0 Å². The van der Waals surface area contributed by atoms with E-state index in [0.717, 1.165) is 6.07 Å². The Kier molecular flexibility index (Phi) is 9.66. The summed E-state index contributed by atoms with van der Waals surface area (Å²) in [6.45, 7) is 4.10. The molecular weight excluding hydrogens is 410 g/mol. The predicted molar refractivity (Wildman–Crippen MR) is 106 cm³/mol. The Balaban J connectivity index is 2.78. The lowest BCUT2D eigenvalue weighted by Gasteiger charge is -2.14. The van der Waals surface area contributed by atoms with E-state index in [-0.39, 0.29) is 34.4 Å². The molecule has 1 rings (SSSR count). The van der Waals surface area contributed by atoms with Crippen molar-refractivity contribution in [2.75, 3.05) is 25.1 Å². The van der Waals surface area contributed by atoms with Crippen LogP contribution in [0.2, 0.25) is 5.02 Å². The van der Waals surface area contributed by atoms with Crippen molar-refractivity contribution in [3.63, 3.8) is 0 Å². The second kappa shape index (κ2) is 11.2. The molecule has 0 amide bonds. The Bertz CT molecular complexity index is 800. The van der Waals surface area contributed by atoms with Gasteiger partial charge in [0.05, 0.1) is 29.5 Å². The highest BCUT2D eigenvalue weighted by Gasteiger charge is 2.21. The maximum absolute atomic E-state index is 11.9. The zero-order valence-corrected chi connectivity index (χ0v) is 17.4. The average Bonchev–Trinajstić information content (AvgIpc) is 2.60. The molecule has 0 saturated carbocycles. The second-order valence-electron chi connectivity index (χ2n) is 5.87. The van der Waals surface area contributed by atoms with Crippen LogP contribution < -0.4 is 16.2 Å². The molecule has 11 heteroatoms. The Morgan fingerprint density at radius 1 is 1.18 bits per heavy atom. The molecule has 5 N–H and O–H groups in total. The first-order valence-electron chi connectivity index (χ1n) is 8.81. The smallest absolute Gasteiger partial charge is 0.339 e. The van der Waals surface area contributed by atoms with Crippen LogP contribution in [0.15, 0.2) is 17.0 Å². The van der Waals surface area contributed by atoms with Crippen LogP contribution in [0.3, 0.4) is 0 Å². The Labute approximate surface area is 169 Å². The predicted octanol–water partition coefficient (Wildman–Crippen LogP) is 1.64. The number of halogens is 1. The van der Waals surface area contributed by atoms with Crippen LogP contribution in [-0.4, -0.2) is 46.2 Å². The number of esters is 2. The molecule has 0 radical (unpaired) electrons. The van der Waals surface area contributed by atoms with E-state index in [1.807, 2.05) is 0 Å². The molecular formula is C17H26ClN3O6S. The summed E-state index contributed by atoms with van der Waals surface area (Å²) >= 11 is 6.08. The minimum atomic E-state index is -4.11. The molecule has 1 aromatic carbocycles. The Morgan fingerprint density at radius 3 is 2.39 bits per heavy atom. The highest BCUT2D eigenvalue weighted by atomic mass is 35.5. The number of sulfonamides is 1. The van der Waals surface area contributed by atoms with Gasteiger partial charge in [0.25, 0.3) is 0 Å². The van der Waals surface area contributed by atoms with Crippen molar-refractivity contribution in [3.05, 3.63) is 22.7 Å². The van der Waals surface area contributed by atoms with Gasteiger partial charge >= 0.3 is 11.9 Å². The van der Waals surface area contributed by atoms with Crippen LogP contribution in [-0.2, 0) is 24.3 Å². The number of nitrogens with two attached hydrogens (primary N) is 2. The third-order valence-corrected chi connectivity index (χ3v) is 4.98. The summed E-state index contributed by atoms with van der Waals surface area (Å²) in [4.78, 5) is 23.1. The number of rotatable bonds is 11. The topological polar surface area (TPSA) is 151 Å². The summed E-state index contributed by atoms with van der Waals surface area (Å²) in [7, 11) is -4.11. The number of hydrogen-bond donors (Lipinski definition) is 3. The van der Waals surface area contributed by atoms with Gasteiger partial charge in [0.1, 0.15) is 10.9 Å². The molecule has 28 heavy (non-hydrogen) atoms. The summed E-state index contributed by atoms with van der Waals surface area (Å²) in [5.41, 5.74) is 5.81. The van der Waals surface area contributed by atoms with Crippen LogP contribution in [0.25, 0.3) is 0 Å². The maximum atomic E-state index is 11.9. The lowest BCUT2D eigenvalue weighted by Crippen LogP contribution is -2.32. The number of anilines is 1. The van der Waals surface area contributed by atoms with Gasteiger partial charge in [-0.3, -0.25) is 4.79 Å². The van der Waals surface area contributed by atoms with Gasteiger partial charge in [-0.1, -0.05) is 11.6 Å². The minimum absolute atomic E-state index is 0.0395. The normalized spacial score (nSPS) is 12.3. The molecule has 9 nitrogen and oxygen atoms in total. The summed E-state index contributed by atoms with van der Waals surface area (Å²) in [5, 5.41) is 8.23. The second-order valence-corrected chi connectivity index (χ2v) is 7.81. The van der Waals surface area contributed by atoms with Gasteiger partial charge in [-0.05, 0) is 45.2 Å². The quantitative estimate of drug-likeness (QED) is 0.350. The molecule has 0 bridgehead atoms. The van der Waals surface area contributed by atoms with Crippen molar-refractivity contribution in [2.24, 2.45) is 10.9 Å². The number of carbonyl (C=O) groups is 2. The summed E-state index contributed by atoms with van der Waals surface area (Å²) < 4.78 is 33.5. The largest absolute Gasteiger partial charge is 0.465 e. The van der Waals surface area contributed by atoms with E-state index in [2.05, 4.69) is 5.32 Å². The highest BCUT2D eigenvalue weighted by molar-refractivity contribution is 7.89. The Morgan fingerprint density at radius 2 is 1.82 bits per heavy atom. The zero-order chi connectivity index (χ0) is 21.3. The molecule has 0 unspecified atom stereocenters. The first-order chi connectivity index (χ1) is 13.1. The van der Waals surface area contributed by atoms with Gasteiger partial charge in [0, 0.05) is 6.54 Å². The minimum Gasteiger partial charge on any atom is -0.465 e. The number of nitrogens with one attached hydrogen (secondary N) is 1. The Hall–Kier alpha value is -1.88. The van der Waals surface area contributed by atoms with Crippen molar-refractivity contribution in [1.29, 1.82) is 0 Å². The van der Waals surface area contributed by atoms with E-state index in [1.165, 1.54) is 6.07 Å². The van der Waals surface area contributed by atoms with Gasteiger partial charge < -0.3 is 20.5 Å². The summed E-state index contributed by atoms with van der Waals surface area (Å²) in [6, 6.07) is 1.71. The number of unbranched alkanes of at least 4 members (excludes halogenated alkanes) is 1. The molecule has 0 spiro atoms. The van der Waals surface area contributed by atoms with E-state index >= 15 is 0 Å². The fourth-order valence-corrected chi connectivity index (χ4v) is 3.33. The maximum Gasteiger partial charge on any atom is 0.339 e. The van der Waals surface area contributed by atoms with Crippen LogP contribution >= 0.6 is 11.6 Å². The molecule has 1 atom stereocenters. The van der Waals surface area contributed by atoms with Gasteiger partial charge in [0.2, 0.25) is 10.0 Å². The molecule has 0 fully saturated rings. The fraction of sp³-hybridized carbons (Fsp3) is 0.529. The van der Waals surface area contributed by atoms with E-state index in [0.29, 0.717) is 25.8 Å². The number of benzene rings is 1. The van der Waals surface area contributed by atoms with Crippen LogP contribution in [0.4, 0.5) is 5.69 Å². The first kappa shape index (κ1) is 24.2.